The molecule has 8 heteroatoms. The molecule has 44 heavy (non-hydrogen) atoms. The number of phenols is 2. The van der Waals surface area contributed by atoms with Crippen molar-refractivity contribution in [3.8, 4) is 23.0 Å². The second-order valence-corrected chi connectivity index (χ2v) is 12.1. The van der Waals surface area contributed by atoms with Crippen molar-refractivity contribution in [2.75, 3.05) is 7.11 Å². The molecule has 1 aliphatic carbocycles. The molecule has 0 spiro atoms. The largest absolute Gasteiger partial charge is 0.504 e. The van der Waals surface area contributed by atoms with Gasteiger partial charge in [0.15, 0.2) is 29.2 Å². The number of methoxy groups -OCH3 is 1. The number of Topliss-reactive ketones (excluding diaryl/α,β-unsaturated/α-hetero) is 1. The Morgan fingerprint density at radius 1 is 0.955 bits per heavy atom. The van der Waals surface area contributed by atoms with Crippen LogP contribution in [0.1, 0.15) is 61.6 Å². The van der Waals surface area contributed by atoms with Gasteiger partial charge in [-0.2, -0.15) is 0 Å². The van der Waals surface area contributed by atoms with Crippen molar-refractivity contribution in [1.82, 2.24) is 4.98 Å². The van der Waals surface area contributed by atoms with Crippen molar-refractivity contribution in [2.24, 2.45) is 16.8 Å². The molecule has 4 N–H and O–H groups in total. The summed E-state index contributed by atoms with van der Waals surface area (Å²) in [4.78, 5) is 21.1. The fourth-order valence-corrected chi connectivity index (χ4v) is 6.28. The lowest BCUT2D eigenvalue weighted by Crippen LogP contribution is -2.30. The molecule has 1 aliphatic heterocycles. The van der Waals surface area contributed by atoms with Gasteiger partial charge in [-0.05, 0) is 97.9 Å². The molecule has 1 saturated carbocycles. The van der Waals surface area contributed by atoms with Crippen molar-refractivity contribution < 1.29 is 29.6 Å². The lowest BCUT2D eigenvalue weighted by Gasteiger charge is -2.26. The van der Waals surface area contributed by atoms with E-state index in [1.54, 1.807) is 37.0 Å². The molecule has 3 unspecified atom stereocenters. The Kier molecular flexibility index (Phi) is 10.7. The molecule has 2 aliphatic rings. The maximum atomic E-state index is 13.9. The van der Waals surface area contributed by atoms with Crippen LogP contribution in [0.5, 0.6) is 23.0 Å². The fraction of sp³-hybridized carbons (Fsp3) is 0.417. The van der Waals surface area contributed by atoms with E-state index in [1.807, 2.05) is 36.7 Å². The lowest BCUT2D eigenvalue weighted by molar-refractivity contribution is -0.125. The lowest BCUT2D eigenvalue weighted by atomic mass is 9.82. The molecule has 1 fully saturated rings. The number of phenolic OH excluding ortho intramolecular Hbond substituents is 2. The molecule has 2 heterocycles. The Balaban J connectivity index is 1.32. The van der Waals surface area contributed by atoms with Crippen LogP contribution in [-0.4, -0.2) is 51.6 Å². The Bertz CT molecular complexity index is 1440. The van der Waals surface area contributed by atoms with Crippen LogP contribution in [0, 0.1) is 18.4 Å². The third-order valence-corrected chi connectivity index (χ3v) is 8.76. The summed E-state index contributed by atoms with van der Waals surface area (Å²) >= 11 is 0. The molecule has 2 aromatic carbocycles. The van der Waals surface area contributed by atoms with Crippen molar-refractivity contribution in [2.45, 2.75) is 76.4 Å². The Hall–Kier alpha value is -4.17. The summed E-state index contributed by atoms with van der Waals surface area (Å²) in [6.45, 7) is 1.71. The number of aromatic nitrogens is 1. The molecule has 3 atom stereocenters. The standard InChI is InChI=1S/C36H42N2O6/c1-43-35-19-24(7-9-31(35)39)15-28(17-26-11-13-37-22-26)33(41)21-34(42)29(18-27-12-14-38-23-27)16-25-8-10-32(40)36(20-25)44-30-5-3-2-4-6-30/h7-14,19-20,22-23,28-30,34,38,42H,2-6,15-18,21H2,1H3,(H-,39,40)/p+1. The SMILES string of the molecule is COc1cc(CC(CC2=C[CH+]N=C2)C(=O)CC(O)C(Cc2cc[nH]c2)Cc2ccc(O)c(OC3CCCCC3)c2)ccc1O. The molecule has 8 nitrogen and oxygen atoms in total. The van der Waals surface area contributed by atoms with Gasteiger partial charge in [-0.3, -0.25) is 4.79 Å². The number of allylic oxidation sites excluding steroid dienone is 1. The van der Waals surface area contributed by atoms with E-state index in [-0.39, 0.29) is 41.6 Å². The number of ether oxygens (including phenoxy) is 2. The minimum absolute atomic E-state index is 0.00657. The Labute approximate surface area is 259 Å². The number of aliphatic hydroxyl groups excluding tert-OH is 1. The first-order valence-corrected chi connectivity index (χ1v) is 15.6. The number of aliphatic imine (C=N–C) groups is 1. The molecular formula is C36H43N2O6+. The van der Waals surface area contributed by atoms with Crippen LogP contribution in [0.3, 0.4) is 0 Å². The van der Waals surface area contributed by atoms with Crippen molar-refractivity contribution >= 4 is 12.0 Å². The highest BCUT2D eigenvalue weighted by atomic mass is 16.5. The Morgan fingerprint density at radius 3 is 2.34 bits per heavy atom. The number of nitrogens with zero attached hydrogens (tertiary/aromatic N) is 1. The second-order valence-electron chi connectivity index (χ2n) is 12.1. The molecule has 0 saturated heterocycles. The van der Waals surface area contributed by atoms with Gasteiger partial charge >= 0.3 is 0 Å². The normalized spacial score (nSPS) is 17.0. The van der Waals surface area contributed by atoms with Gasteiger partial charge in [0, 0.05) is 31.2 Å². The molecule has 0 amide bonds. The number of ketones is 1. The third-order valence-electron chi connectivity index (χ3n) is 8.76. The van der Waals surface area contributed by atoms with E-state index < -0.39 is 6.10 Å². The highest BCUT2D eigenvalue weighted by molar-refractivity contribution is 5.86. The molecule has 0 radical (unpaired) electrons. The van der Waals surface area contributed by atoms with Gasteiger partial charge in [-0.1, -0.05) is 18.6 Å². The number of carbonyl (C=O) groups is 1. The summed E-state index contributed by atoms with van der Waals surface area (Å²) < 4.78 is 11.5. The predicted octanol–water partition coefficient (Wildman–Crippen LogP) is 6.29. The number of aliphatic hydroxyl groups is 1. The van der Waals surface area contributed by atoms with Crippen LogP contribution in [0.15, 0.2) is 71.5 Å². The topological polar surface area (TPSA) is 124 Å². The summed E-state index contributed by atoms with van der Waals surface area (Å²) in [5.74, 6) is 0.342. The van der Waals surface area contributed by atoms with Gasteiger partial charge in [0.05, 0.1) is 25.4 Å². The number of nitrogens with one attached hydrogen (secondary N) is 1. The van der Waals surface area contributed by atoms with E-state index in [0.29, 0.717) is 37.2 Å². The van der Waals surface area contributed by atoms with E-state index in [4.69, 9.17) is 9.47 Å². The van der Waals surface area contributed by atoms with Crippen LogP contribution in [-0.2, 0) is 24.1 Å². The molecular weight excluding hydrogens is 556 g/mol. The number of hydrogen-bond acceptors (Lipinski definition) is 7. The first kappa shape index (κ1) is 31.3. The van der Waals surface area contributed by atoms with Crippen LogP contribution in [0.25, 0.3) is 0 Å². The zero-order valence-corrected chi connectivity index (χ0v) is 25.3. The quantitative estimate of drug-likeness (QED) is 0.152. The number of benzene rings is 2. The smallest absolute Gasteiger partial charge is 0.176 e. The van der Waals surface area contributed by atoms with E-state index >= 15 is 0 Å². The number of aromatic hydroxyl groups is 2. The maximum Gasteiger partial charge on any atom is 0.176 e. The van der Waals surface area contributed by atoms with E-state index in [9.17, 15) is 20.1 Å². The average Bonchev–Trinajstić information content (AvgIpc) is 3.74. The highest BCUT2D eigenvalue weighted by Gasteiger charge is 2.30. The average molecular weight is 600 g/mol. The number of carbonyl (C=O) groups excluding carboxylic acids is 1. The zero-order chi connectivity index (χ0) is 30.9. The van der Waals surface area contributed by atoms with Crippen molar-refractivity contribution in [3.63, 3.8) is 0 Å². The summed E-state index contributed by atoms with van der Waals surface area (Å²) in [7, 11) is 1.50. The van der Waals surface area contributed by atoms with Gasteiger partial charge in [-0.25, -0.2) is 0 Å². The van der Waals surface area contributed by atoms with Gasteiger partial charge in [0.25, 0.3) is 0 Å². The summed E-state index contributed by atoms with van der Waals surface area (Å²) in [6, 6.07) is 12.5. The molecule has 1 aromatic heterocycles. The summed E-state index contributed by atoms with van der Waals surface area (Å²) in [5, 5.41) is 32.2. The fourth-order valence-electron chi connectivity index (χ4n) is 6.28. The minimum Gasteiger partial charge on any atom is -0.504 e. The molecule has 232 valence electrons. The van der Waals surface area contributed by atoms with Crippen LogP contribution < -0.4 is 9.47 Å². The maximum absolute atomic E-state index is 13.9. The van der Waals surface area contributed by atoms with Crippen LogP contribution in [0.4, 0.5) is 0 Å². The van der Waals surface area contributed by atoms with Gasteiger partial charge in [-0.15, -0.1) is 4.99 Å². The van der Waals surface area contributed by atoms with Gasteiger partial charge < -0.3 is 29.8 Å². The monoisotopic (exact) mass is 599 g/mol. The number of hydrogen-bond donors (Lipinski definition) is 4. The number of aromatic amines is 1. The van der Waals surface area contributed by atoms with Gasteiger partial charge in [0.1, 0.15) is 17.9 Å². The predicted molar refractivity (Wildman–Crippen MR) is 170 cm³/mol. The third kappa shape index (κ3) is 8.47. The van der Waals surface area contributed by atoms with E-state index in [2.05, 4.69) is 9.98 Å². The first-order valence-electron chi connectivity index (χ1n) is 15.6. The molecule has 3 aromatic rings. The molecule has 5 rings (SSSR count). The van der Waals surface area contributed by atoms with Crippen molar-refractivity contribution in [3.05, 3.63) is 89.7 Å². The number of rotatable bonds is 15. The highest BCUT2D eigenvalue weighted by Crippen LogP contribution is 2.34. The summed E-state index contributed by atoms with van der Waals surface area (Å²) in [5.41, 5.74) is 3.82. The number of H-pyrrole nitrogens is 1. The summed E-state index contributed by atoms with van der Waals surface area (Å²) in [6.07, 6.45) is 14.2. The first-order chi connectivity index (χ1) is 21.4. The van der Waals surface area contributed by atoms with Crippen LogP contribution in [0.2, 0.25) is 0 Å². The molecule has 0 bridgehead atoms. The van der Waals surface area contributed by atoms with E-state index in [1.165, 1.54) is 13.5 Å². The second kappa shape index (κ2) is 15.0. The minimum atomic E-state index is -0.886. The van der Waals surface area contributed by atoms with Crippen molar-refractivity contribution in [1.29, 1.82) is 0 Å². The van der Waals surface area contributed by atoms with Gasteiger partial charge in [0.2, 0.25) is 0 Å². The van der Waals surface area contributed by atoms with E-state index in [0.717, 1.165) is 47.9 Å². The zero-order valence-electron chi connectivity index (χ0n) is 25.3. The van der Waals surface area contributed by atoms with Crippen LogP contribution >= 0.6 is 0 Å². The Morgan fingerprint density at radius 2 is 1.66 bits per heavy atom.